The average molecular weight is 384 g/mol. The van der Waals surface area contributed by atoms with Crippen molar-refractivity contribution in [3.63, 3.8) is 0 Å². The van der Waals surface area contributed by atoms with E-state index in [-0.39, 0.29) is 23.2 Å². The number of non-ortho nitro benzene ring substituents is 1. The largest absolute Gasteiger partial charge is 0.444 e. The standard InChI is InChI=1S/C17H22ClN3O5/c1-17(2,3)26-16(23)20-8-4-5-11(10-20)15(22)19-14-7-6-12(21(24)25)9-13(14)18/h6-7,9,11H,4-5,8,10H2,1-3H3,(H,19,22). The van der Waals surface area contributed by atoms with Crippen molar-refractivity contribution in [1.82, 2.24) is 4.90 Å². The molecule has 1 saturated heterocycles. The predicted octanol–water partition coefficient (Wildman–Crippen LogP) is 3.83. The zero-order chi connectivity index (χ0) is 19.5. The Kier molecular flexibility index (Phi) is 6.07. The van der Waals surface area contributed by atoms with Gasteiger partial charge in [-0.3, -0.25) is 14.9 Å². The number of hydrogen-bond donors (Lipinski definition) is 1. The molecule has 0 bridgehead atoms. The summed E-state index contributed by atoms with van der Waals surface area (Å²) in [6.45, 7) is 6.16. The summed E-state index contributed by atoms with van der Waals surface area (Å²) >= 11 is 6.00. The second-order valence-corrected chi connectivity index (χ2v) is 7.58. The van der Waals surface area contributed by atoms with Crippen molar-refractivity contribution in [2.45, 2.75) is 39.2 Å². The van der Waals surface area contributed by atoms with E-state index in [4.69, 9.17) is 16.3 Å². The Balaban J connectivity index is 2.01. The lowest BCUT2D eigenvalue weighted by atomic mass is 9.97. The third-order valence-electron chi connectivity index (χ3n) is 3.87. The van der Waals surface area contributed by atoms with Crippen LogP contribution in [0.4, 0.5) is 16.2 Å². The molecule has 1 heterocycles. The molecule has 1 unspecified atom stereocenters. The second kappa shape index (κ2) is 7.90. The van der Waals surface area contributed by atoms with Gasteiger partial charge in [0, 0.05) is 25.2 Å². The smallest absolute Gasteiger partial charge is 0.410 e. The van der Waals surface area contributed by atoms with Crippen molar-refractivity contribution in [3.05, 3.63) is 33.3 Å². The van der Waals surface area contributed by atoms with Crippen LogP contribution in [-0.2, 0) is 9.53 Å². The minimum Gasteiger partial charge on any atom is -0.444 e. The van der Waals surface area contributed by atoms with Crippen molar-refractivity contribution in [3.8, 4) is 0 Å². The maximum atomic E-state index is 12.5. The van der Waals surface area contributed by atoms with Crippen LogP contribution in [0, 0.1) is 16.0 Å². The molecule has 1 fully saturated rings. The molecule has 0 spiro atoms. The Morgan fingerprint density at radius 1 is 1.38 bits per heavy atom. The molecule has 1 aliphatic heterocycles. The monoisotopic (exact) mass is 383 g/mol. The predicted molar refractivity (Wildman–Crippen MR) is 97.3 cm³/mol. The molecular formula is C17H22ClN3O5. The summed E-state index contributed by atoms with van der Waals surface area (Å²) in [6.07, 6.45) is 0.879. The molecule has 26 heavy (non-hydrogen) atoms. The molecule has 1 atom stereocenters. The summed E-state index contributed by atoms with van der Waals surface area (Å²) in [5.74, 6) is -0.684. The Morgan fingerprint density at radius 3 is 2.65 bits per heavy atom. The lowest BCUT2D eigenvalue weighted by Gasteiger charge is -2.33. The lowest BCUT2D eigenvalue weighted by Crippen LogP contribution is -2.45. The molecule has 142 valence electrons. The number of nitrogens with one attached hydrogen (secondary N) is 1. The van der Waals surface area contributed by atoms with Gasteiger partial charge in [-0.1, -0.05) is 11.6 Å². The van der Waals surface area contributed by atoms with Crippen LogP contribution in [0.5, 0.6) is 0 Å². The van der Waals surface area contributed by atoms with Gasteiger partial charge in [0.2, 0.25) is 5.91 Å². The van der Waals surface area contributed by atoms with E-state index in [1.165, 1.54) is 23.1 Å². The molecule has 0 saturated carbocycles. The summed E-state index contributed by atoms with van der Waals surface area (Å²) in [7, 11) is 0. The molecule has 0 radical (unpaired) electrons. The Bertz CT molecular complexity index is 717. The fourth-order valence-electron chi connectivity index (χ4n) is 2.64. The number of hydrogen-bond acceptors (Lipinski definition) is 5. The van der Waals surface area contributed by atoms with E-state index in [0.29, 0.717) is 25.1 Å². The first-order chi connectivity index (χ1) is 12.1. The number of nitrogens with zero attached hydrogens (tertiary/aromatic N) is 2. The van der Waals surface area contributed by atoms with Gasteiger partial charge in [0.15, 0.2) is 0 Å². The van der Waals surface area contributed by atoms with Crippen LogP contribution in [0.2, 0.25) is 5.02 Å². The number of nitro benzene ring substituents is 1. The molecule has 2 amide bonds. The number of amides is 2. The average Bonchev–Trinajstić information content (AvgIpc) is 2.55. The number of likely N-dealkylation sites (tertiary alicyclic amines) is 1. The quantitative estimate of drug-likeness (QED) is 0.631. The van der Waals surface area contributed by atoms with Crippen molar-refractivity contribution < 1.29 is 19.2 Å². The van der Waals surface area contributed by atoms with Crippen LogP contribution in [0.25, 0.3) is 0 Å². The maximum absolute atomic E-state index is 12.5. The summed E-state index contributed by atoms with van der Waals surface area (Å²) in [5.41, 5.74) is -0.447. The highest BCUT2D eigenvalue weighted by Crippen LogP contribution is 2.28. The number of carbonyl (C=O) groups excluding carboxylic acids is 2. The molecule has 9 heteroatoms. The van der Waals surface area contributed by atoms with Crippen molar-refractivity contribution in [2.24, 2.45) is 5.92 Å². The van der Waals surface area contributed by atoms with Crippen LogP contribution in [0.3, 0.4) is 0 Å². The SMILES string of the molecule is CC(C)(C)OC(=O)N1CCCC(C(=O)Nc2ccc([N+](=O)[O-])cc2Cl)C1. The van der Waals surface area contributed by atoms with Crippen LogP contribution in [0.1, 0.15) is 33.6 Å². The summed E-state index contributed by atoms with van der Waals surface area (Å²) < 4.78 is 5.35. The minimum atomic E-state index is -0.599. The van der Waals surface area contributed by atoms with E-state index < -0.39 is 22.5 Å². The Labute approximate surface area is 156 Å². The molecule has 1 aromatic rings. The third-order valence-corrected chi connectivity index (χ3v) is 4.18. The van der Waals surface area contributed by atoms with E-state index in [2.05, 4.69) is 5.32 Å². The second-order valence-electron chi connectivity index (χ2n) is 7.18. The van der Waals surface area contributed by atoms with E-state index in [1.54, 1.807) is 20.8 Å². The van der Waals surface area contributed by atoms with Crippen LogP contribution in [-0.4, -0.2) is 40.5 Å². The van der Waals surface area contributed by atoms with Crippen LogP contribution in [0.15, 0.2) is 18.2 Å². The van der Waals surface area contributed by atoms with E-state index in [1.807, 2.05) is 0 Å². The van der Waals surface area contributed by atoms with Gasteiger partial charge in [-0.15, -0.1) is 0 Å². The zero-order valence-electron chi connectivity index (χ0n) is 15.0. The Hall–Kier alpha value is -2.35. The number of ether oxygens (including phenoxy) is 1. The first kappa shape index (κ1) is 20.0. The number of nitro groups is 1. The summed E-state index contributed by atoms with van der Waals surface area (Å²) in [6, 6.07) is 3.85. The molecule has 1 aromatic carbocycles. The number of benzene rings is 1. The number of piperidine rings is 1. The molecule has 0 aliphatic carbocycles. The first-order valence-electron chi connectivity index (χ1n) is 8.29. The Morgan fingerprint density at radius 2 is 2.08 bits per heavy atom. The number of anilines is 1. The van der Waals surface area contributed by atoms with Gasteiger partial charge in [0.1, 0.15) is 5.60 Å². The van der Waals surface area contributed by atoms with E-state index in [9.17, 15) is 19.7 Å². The number of rotatable bonds is 3. The highest BCUT2D eigenvalue weighted by molar-refractivity contribution is 6.34. The lowest BCUT2D eigenvalue weighted by molar-refractivity contribution is -0.384. The van der Waals surface area contributed by atoms with Gasteiger partial charge in [0.05, 0.1) is 21.6 Å². The fraction of sp³-hybridized carbons (Fsp3) is 0.529. The van der Waals surface area contributed by atoms with Gasteiger partial charge < -0.3 is 15.0 Å². The van der Waals surface area contributed by atoms with Crippen LogP contribution < -0.4 is 5.32 Å². The normalized spacial score (nSPS) is 17.5. The number of halogens is 1. The fourth-order valence-corrected chi connectivity index (χ4v) is 2.86. The number of carbonyl (C=O) groups is 2. The van der Waals surface area contributed by atoms with Gasteiger partial charge in [0.25, 0.3) is 5.69 Å². The van der Waals surface area contributed by atoms with Crippen molar-refractivity contribution in [2.75, 3.05) is 18.4 Å². The van der Waals surface area contributed by atoms with Gasteiger partial charge >= 0.3 is 6.09 Å². The van der Waals surface area contributed by atoms with Gasteiger partial charge in [-0.05, 0) is 39.7 Å². The molecular weight excluding hydrogens is 362 g/mol. The molecule has 1 N–H and O–H groups in total. The third kappa shape index (κ3) is 5.32. The van der Waals surface area contributed by atoms with E-state index >= 15 is 0 Å². The van der Waals surface area contributed by atoms with Crippen molar-refractivity contribution >= 4 is 35.0 Å². The maximum Gasteiger partial charge on any atom is 0.410 e. The van der Waals surface area contributed by atoms with Gasteiger partial charge in [-0.25, -0.2) is 4.79 Å². The molecule has 0 aromatic heterocycles. The topological polar surface area (TPSA) is 102 Å². The molecule has 8 nitrogen and oxygen atoms in total. The first-order valence-corrected chi connectivity index (χ1v) is 8.67. The summed E-state index contributed by atoms with van der Waals surface area (Å²) in [5, 5.41) is 13.5. The zero-order valence-corrected chi connectivity index (χ0v) is 15.7. The van der Waals surface area contributed by atoms with Crippen molar-refractivity contribution in [1.29, 1.82) is 0 Å². The van der Waals surface area contributed by atoms with Crippen LogP contribution >= 0.6 is 11.6 Å². The van der Waals surface area contributed by atoms with Gasteiger partial charge in [-0.2, -0.15) is 0 Å². The molecule has 1 aliphatic rings. The minimum absolute atomic E-state index is 0.0901. The molecule has 2 rings (SSSR count). The highest BCUT2D eigenvalue weighted by atomic mass is 35.5. The summed E-state index contributed by atoms with van der Waals surface area (Å²) in [4.78, 5) is 36.4. The van der Waals surface area contributed by atoms with E-state index in [0.717, 1.165) is 0 Å². The highest BCUT2D eigenvalue weighted by Gasteiger charge is 2.31.